The van der Waals surface area contributed by atoms with Crippen molar-refractivity contribution >= 4 is 23.4 Å². The number of aliphatic hydroxyl groups is 1. The lowest BCUT2D eigenvalue weighted by atomic mass is 9.95. The van der Waals surface area contributed by atoms with Crippen LogP contribution in [0.15, 0.2) is 24.3 Å². The summed E-state index contributed by atoms with van der Waals surface area (Å²) in [7, 11) is 0. The molecule has 3 unspecified atom stereocenters. The second kappa shape index (κ2) is 7.35. The Kier molecular flexibility index (Phi) is 5.23. The quantitative estimate of drug-likeness (QED) is 0.790. The van der Waals surface area contributed by atoms with Gasteiger partial charge in [-0.05, 0) is 43.5 Å². The van der Waals surface area contributed by atoms with E-state index in [-0.39, 0.29) is 24.2 Å². The molecule has 0 aromatic heterocycles. The van der Waals surface area contributed by atoms with Crippen LogP contribution < -0.4 is 15.4 Å². The Bertz CT molecular complexity index is 503. The highest BCUT2D eigenvalue weighted by Gasteiger charge is 2.25. The summed E-state index contributed by atoms with van der Waals surface area (Å²) < 4.78 is 5.85. The van der Waals surface area contributed by atoms with Crippen LogP contribution in [0.5, 0.6) is 5.75 Å². The molecule has 120 valence electrons. The molecule has 1 saturated heterocycles. The minimum absolute atomic E-state index is 0.00127. The number of aliphatic hydroxyl groups excluding tert-OH is 1. The van der Waals surface area contributed by atoms with Crippen molar-refractivity contribution in [2.75, 3.05) is 16.9 Å². The predicted molar refractivity (Wildman–Crippen MR) is 88.2 cm³/mol. The largest absolute Gasteiger partial charge is 0.488 e. The average Bonchev–Trinajstić information content (AvgIpc) is 3.06. The highest BCUT2D eigenvalue weighted by atomic mass is 32.2. The van der Waals surface area contributed by atoms with Gasteiger partial charge in [0.15, 0.2) is 0 Å². The van der Waals surface area contributed by atoms with E-state index in [1.165, 1.54) is 0 Å². The zero-order valence-corrected chi connectivity index (χ0v) is 13.3. The van der Waals surface area contributed by atoms with Crippen molar-refractivity contribution in [2.24, 2.45) is 0 Å². The van der Waals surface area contributed by atoms with Crippen LogP contribution in [0.1, 0.15) is 25.7 Å². The summed E-state index contributed by atoms with van der Waals surface area (Å²) in [5.74, 6) is 2.38. The molecular weight excluding hydrogens is 300 g/mol. The number of thioether (sulfide) groups is 1. The molecule has 1 aromatic rings. The molecule has 2 aliphatic rings. The number of anilines is 1. The van der Waals surface area contributed by atoms with E-state index in [9.17, 15) is 9.90 Å². The Balaban J connectivity index is 1.54. The van der Waals surface area contributed by atoms with Gasteiger partial charge in [-0.3, -0.25) is 10.1 Å². The van der Waals surface area contributed by atoms with Crippen molar-refractivity contribution in [2.45, 2.75) is 43.9 Å². The van der Waals surface area contributed by atoms with Gasteiger partial charge in [-0.2, -0.15) is 0 Å². The normalized spacial score (nSPS) is 28.3. The van der Waals surface area contributed by atoms with Crippen LogP contribution in [0.25, 0.3) is 0 Å². The van der Waals surface area contributed by atoms with Crippen LogP contribution in [0.3, 0.4) is 0 Å². The fraction of sp³-hybridized carbons (Fsp3) is 0.562. The van der Waals surface area contributed by atoms with Crippen molar-refractivity contribution in [1.82, 2.24) is 5.32 Å². The van der Waals surface area contributed by atoms with Crippen LogP contribution in [0.4, 0.5) is 5.69 Å². The molecule has 1 aromatic carbocycles. The third-order valence-electron chi connectivity index (χ3n) is 4.11. The van der Waals surface area contributed by atoms with Crippen molar-refractivity contribution in [3.05, 3.63) is 24.3 Å². The number of amides is 1. The van der Waals surface area contributed by atoms with Crippen LogP contribution in [0, 0.1) is 0 Å². The first-order chi connectivity index (χ1) is 10.7. The molecule has 1 saturated carbocycles. The summed E-state index contributed by atoms with van der Waals surface area (Å²) >= 11 is 1.73. The van der Waals surface area contributed by atoms with E-state index < -0.39 is 0 Å². The van der Waals surface area contributed by atoms with Crippen molar-refractivity contribution < 1.29 is 14.6 Å². The third-order valence-corrected chi connectivity index (χ3v) is 5.05. The van der Waals surface area contributed by atoms with Gasteiger partial charge >= 0.3 is 0 Å². The first kappa shape index (κ1) is 15.6. The lowest BCUT2D eigenvalue weighted by Crippen LogP contribution is -2.37. The first-order valence-corrected chi connectivity index (χ1v) is 8.94. The van der Waals surface area contributed by atoms with Crippen LogP contribution in [-0.4, -0.2) is 40.9 Å². The number of carbonyl (C=O) groups excluding carboxylic acids is 1. The SMILES string of the molecule is O=C(Nc1ccc(OC2CCCCC2O)cc1)C1CSCN1. The lowest BCUT2D eigenvalue weighted by Gasteiger charge is -2.28. The van der Waals surface area contributed by atoms with E-state index in [4.69, 9.17) is 4.74 Å². The zero-order valence-electron chi connectivity index (χ0n) is 12.5. The number of benzene rings is 1. The summed E-state index contributed by atoms with van der Waals surface area (Å²) in [5.41, 5.74) is 0.764. The molecule has 1 amide bonds. The molecule has 3 atom stereocenters. The molecular formula is C16H22N2O3S. The van der Waals surface area contributed by atoms with Gasteiger partial charge in [0.2, 0.25) is 5.91 Å². The van der Waals surface area contributed by atoms with E-state index in [2.05, 4.69) is 10.6 Å². The number of hydrogen-bond acceptors (Lipinski definition) is 5. The van der Waals surface area contributed by atoms with E-state index in [0.717, 1.165) is 48.7 Å². The van der Waals surface area contributed by atoms with E-state index in [1.807, 2.05) is 24.3 Å². The molecule has 2 fully saturated rings. The van der Waals surface area contributed by atoms with Crippen molar-refractivity contribution in [1.29, 1.82) is 0 Å². The van der Waals surface area contributed by atoms with Gasteiger partial charge in [-0.15, -0.1) is 11.8 Å². The van der Waals surface area contributed by atoms with Gasteiger partial charge in [-0.25, -0.2) is 0 Å². The summed E-state index contributed by atoms with van der Waals surface area (Å²) in [5, 5.41) is 16.0. The Labute approximate surface area is 134 Å². The number of rotatable bonds is 4. The predicted octanol–water partition coefficient (Wildman–Crippen LogP) is 1.97. The van der Waals surface area contributed by atoms with Crippen molar-refractivity contribution in [3.63, 3.8) is 0 Å². The standard InChI is InChI=1S/C16H22N2O3S/c19-14-3-1-2-4-15(14)21-12-7-5-11(6-8-12)18-16(20)13-9-22-10-17-13/h5-8,13-15,17,19H,1-4,9-10H2,(H,18,20). The maximum Gasteiger partial charge on any atom is 0.242 e. The van der Waals surface area contributed by atoms with Crippen LogP contribution >= 0.6 is 11.8 Å². The number of hydrogen-bond donors (Lipinski definition) is 3. The lowest BCUT2D eigenvalue weighted by molar-refractivity contribution is -0.117. The van der Waals surface area contributed by atoms with Crippen LogP contribution in [0.2, 0.25) is 0 Å². The van der Waals surface area contributed by atoms with Crippen molar-refractivity contribution in [3.8, 4) is 5.75 Å². The van der Waals surface area contributed by atoms with E-state index in [1.54, 1.807) is 11.8 Å². The zero-order chi connectivity index (χ0) is 15.4. The molecule has 0 spiro atoms. The topological polar surface area (TPSA) is 70.6 Å². The Morgan fingerprint density at radius 3 is 2.73 bits per heavy atom. The average molecular weight is 322 g/mol. The number of ether oxygens (including phenoxy) is 1. The molecule has 1 aliphatic carbocycles. The third kappa shape index (κ3) is 3.94. The second-order valence-corrected chi connectivity index (χ2v) is 6.82. The minimum Gasteiger partial charge on any atom is -0.488 e. The summed E-state index contributed by atoms with van der Waals surface area (Å²) in [6.07, 6.45) is 3.38. The van der Waals surface area contributed by atoms with Gasteiger partial charge in [-0.1, -0.05) is 6.42 Å². The molecule has 1 aliphatic heterocycles. The molecule has 3 N–H and O–H groups in total. The van der Waals surface area contributed by atoms with Gasteiger partial charge in [0, 0.05) is 17.3 Å². The summed E-state index contributed by atoms with van der Waals surface area (Å²) in [4.78, 5) is 12.0. The highest BCUT2D eigenvalue weighted by molar-refractivity contribution is 7.99. The van der Waals surface area contributed by atoms with Gasteiger partial charge < -0.3 is 15.2 Å². The summed E-state index contributed by atoms with van der Waals surface area (Å²) in [6.45, 7) is 0. The Morgan fingerprint density at radius 2 is 2.05 bits per heavy atom. The highest BCUT2D eigenvalue weighted by Crippen LogP contribution is 2.25. The molecule has 6 heteroatoms. The Morgan fingerprint density at radius 1 is 1.27 bits per heavy atom. The number of nitrogens with one attached hydrogen (secondary N) is 2. The monoisotopic (exact) mass is 322 g/mol. The molecule has 0 bridgehead atoms. The maximum absolute atomic E-state index is 12.0. The summed E-state index contributed by atoms with van der Waals surface area (Å²) in [6, 6.07) is 7.25. The first-order valence-electron chi connectivity index (χ1n) is 7.79. The van der Waals surface area contributed by atoms with Gasteiger partial charge in [0.1, 0.15) is 11.9 Å². The molecule has 22 heavy (non-hydrogen) atoms. The smallest absolute Gasteiger partial charge is 0.242 e. The van der Waals surface area contributed by atoms with Gasteiger partial charge in [0.25, 0.3) is 0 Å². The van der Waals surface area contributed by atoms with Crippen LogP contribution in [-0.2, 0) is 4.79 Å². The van der Waals surface area contributed by atoms with E-state index in [0.29, 0.717) is 0 Å². The molecule has 5 nitrogen and oxygen atoms in total. The van der Waals surface area contributed by atoms with E-state index >= 15 is 0 Å². The fourth-order valence-electron chi connectivity index (χ4n) is 2.80. The molecule has 0 radical (unpaired) electrons. The maximum atomic E-state index is 12.0. The fourth-order valence-corrected chi connectivity index (χ4v) is 3.74. The molecule has 1 heterocycles. The Hall–Kier alpha value is -1.24. The molecule has 3 rings (SSSR count). The van der Waals surface area contributed by atoms with Gasteiger partial charge in [0.05, 0.1) is 12.1 Å². The number of carbonyl (C=O) groups is 1. The minimum atomic E-state index is -0.376. The second-order valence-electron chi connectivity index (χ2n) is 5.79.